The zero-order valence-corrected chi connectivity index (χ0v) is 17.2. The van der Waals surface area contributed by atoms with Crippen LogP contribution in [0, 0.1) is 6.92 Å². The van der Waals surface area contributed by atoms with Gasteiger partial charge in [0.15, 0.2) is 0 Å². The Morgan fingerprint density at radius 3 is 2.23 bits per heavy atom. The third kappa shape index (κ3) is 4.86. The largest absolute Gasteiger partial charge is 0.462 e. The summed E-state index contributed by atoms with van der Waals surface area (Å²) in [7, 11) is -3.69. The van der Waals surface area contributed by atoms with Crippen molar-refractivity contribution in [1.82, 2.24) is 0 Å². The normalized spacial score (nSPS) is 11.2. The lowest BCUT2D eigenvalue weighted by Crippen LogP contribution is -2.32. The molecule has 0 aliphatic heterocycles. The molecule has 0 saturated heterocycles. The molecule has 5 nitrogen and oxygen atoms in total. The molecule has 140 valence electrons. The van der Waals surface area contributed by atoms with E-state index in [9.17, 15) is 13.2 Å². The monoisotopic (exact) mass is 439 g/mol. The van der Waals surface area contributed by atoms with E-state index < -0.39 is 16.0 Å². The molecule has 7 heteroatoms. The number of hydrogen-bond acceptors (Lipinski definition) is 4. The highest BCUT2D eigenvalue weighted by Crippen LogP contribution is 2.24. The number of benzene rings is 2. The van der Waals surface area contributed by atoms with Gasteiger partial charge in [0, 0.05) is 11.9 Å². The van der Waals surface area contributed by atoms with E-state index in [1.165, 1.54) is 4.31 Å². The van der Waals surface area contributed by atoms with Crippen molar-refractivity contribution in [3.63, 3.8) is 0 Å². The zero-order valence-electron chi connectivity index (χ0n) is 14.8. The van der Waals surface area contributed by atoms with E-state index in [0.717, 1.165) is 12.0 Å². The van der Waals surface area contributed by atoms with E-state index in [1.54, 1.807) is 48.5 Å². The lowest BCUT2D eigenvalue weighted by molar-refractivity contribution is 0.0505. The van der Waals surface area contributed by atoms with Crippen molar-refractivity contribution < 1.29 is 17.9 Å². The number of carbonyl (C=O) groups excluding carboxylic acids is 1. The van der Waals surface area contributed by atoms with Crippen LogP contribution in [-0.2, 0) is 14.8 Å². The molecular weight excluding hydrogens is 418 g/mol. The Bertz CT molecular complexity index is 833. The van der Waals surface area contributed by atoms with Crippen molar-refractivity contribution in [2.45, 2.75) is 25.2 Å². The van der Waals surface area contributed by atoms with Crippen molar-refractivity contribution in [2.75, 3.05) is 22.8 Å². The van der Waals surface area contributed by atoms with E-state index >= 15 is 0 Å². The van der Waals surface area contributed by atoms with Gasteiger partial charge in [-0.05, 0) is 49.7 Å². The highest BCUT2D eigenvalue weighted by molar-refractivity contribution is 9.09. The third-order valence-electron chi connectivity index (χ3n) is 3.72. The summed E-state index contributed by atoms with van der Waals surface area (Å²) in [4.78, 5) is 12.1. The lowest BCUT2D eigenvalue weighted by Gasteiger charge is -2.24. The molecule has 0 aromatic heterocycles. The van der Waals surface area contributed by atoms with Crippen molar-refractivity contribution in [2.24, 2.45) is 0 Å². The van der Waals surface area contributed by atoms with E-state index in [4.69, 9.17) is 4.74 Å². The Morgan fingerprint density at radius 2 is 1.69 bits per heavy atom. The molecule has 0 spiro atoms. The number of carbonyl (C=O) groups is 1. The first-order chi connectivity index (χ1) is 12.4. The molecule has 0 fully saturated rings. The second-order valence-corrected chi connectivity index (χ2v) is 8.42. The van der Waals surface area contributed by atoms with Crippen LogP contribution in [0.4, 0.5) is 5.69 Å². The molecule has 26 heavy (non-hydrogen) atoms. The van der Waals surface area contributed by atoms with Crippen LogP contribution in [0.5, 0.6) is 0 Å². The Labute approximate surface area is 163 Å². The van der Waals surface area contributed by atoms with Crippen molar-refractivity contribution in [3.8, 4) is 0 Å². The Morgan fingerprint density at radius 1 is 1.08 bits per heavy atom. The number of hydrogen-bond donors (Lipinski definition) is 0. The summed E-state index contributed by atoms with van der Waals surface area (Å²) in [5.41, 5.74) is 1.89. The average molecular weight is 440 g/mol. The predicted octanol–water partition coefficient (Wildman–Crippen LogP) is 4.15. The van der Waals surface area contributed by atoms with Crippen LogP contribution in [0.2, 0.25) is 0 Å². The number of halogens is 1. The summed E-state index contributed by atoms with van der Waals surface area (Å²) < 4.78 is 32.4. The molecule has 2 rings (SSSR count). The highest BCUT2D eigenvalue weighted by Gasteiger charge is 2.24. The lowest BCUT2D eigenvalue weighted by atomic mass is 10.2. The van der Waals surface area contributed by atoms with Crippen LogP contribution in [0.1, 0.15) is 29.3 Å². The fourth-order valence-corrected chi connectivity index (χ4v) is 4.40. The van der Waals surface area contributed by atoms with Crippen LogP contribution >= 0.6 is 15.9 Å². The number of alkyl halides is 1. The SMILES string of the molecule is CCCOC(=O)c1ccc(N(CCBr)S(=O)(=O)c2ccc(C)cc2)cc1. The molecular formula is C19H22BrNO4S. The average Bonchev–Trinajstić information content (AvgIpc) is 2.64. The van der Waals surface area contributed by atoms with Crippen molar-refractivity contribution in [1.29, 1.82) is 0 Å². The first-order valence-electron chi connectivity index (χ1n) is 8.32. The number of sulfonamides is 1. The van der Waals surface area contributed by atoms with E-state index in [-0.39, 0.29) is 11.4 Å². The van der Waals surface area contributed by atoms with Crippen molar-refractivity contribution >= 4 is 37.6 Å². The van der Waals surface area contributed by atoms with E-state index in [1.807, 2.05) is 13.8 Å². The van der Waals surface area contributed by atoms with Crippen LogP contribution < -0.4 is 4.31 Å². The topological polar surface area (TPSA) is 63.7 Å². The van der Waals surface area contributed by atoms with Gasteiger partial charge in [-0.1, -0.05) is 40.5 Å². The summed E-state index contributed by atoms with van der Waals surface area (Å²) in [5.74, 6) is -0.410. The molecule has 0 atom stereocenters. The molecule has 0 radical (unpaired) electrons. The summed E-state index contributed by atoms with van der Waals surface area (Å²) >= 11 is 3.31. The maximum Gasteiger partial charge on any atom is 0.338 e. The minimum atomic E-state index is -3.69. The molecule has 0 amide bonds. The van der Waals surface area contributed by atoms with Crippen LogP contribution in [0.15, 0.2) is 53.4 Å². The van der Waals surface area contributed by atoms with Gasteiger partial charge in [0.2, 0.25) is 0 Å². The molecule has 0 bridgehead atoms. The first kappa shape index (κ1) is 20.5. The van der Waals surface area contributed by atoms with Gasteiger partial charge in [0.05, 0.1) is 22.8 Å². The number of rotatable bonds is 8. The van der Waals surface area contributed by atoms with Crippen LogP contribution in [-0.4, -0.2) is 32.9 Å². The van der Waals surface area contributed by atoms with Gasteiger partial charge in [-0.15, -0.1) is 0 Å². The summed E-state index contributed by atoms with van der Waals surface area (Å²) in [6.07, 6.45) is 0.748. The molecule has 0 saturated carbocycles. The fraction of sp³-hybridized carbons (Fsp3) is 0.316. The number of anilines is 1. The standard InChI is InChI=1S/C19H22BrNO4S/c1-3-14-25-19(22)16-6-8-17(9-7-16)21(13-12-20)26(23,24)18-10-4-15(2)5-11-18/h4-11H,3,12-14H2,1-2H3. The molecule has 0 aliphatic carbocycles. The summed E-state index contributed by atoms with van der Waals surface area (Å²) in [5, 5.41) is 0.485. The van der Waals surface area contributed by atoms with Crippen molar-refractivity contribution in [3.05, 3.63) is 59.7 Å². The number of esters is 1. The van der Waals surface area contributed by atoms with Gasteiger partial charge in [-0.25, -0.2) is 13.2 Å². The molecule has 2 aromatic rings. The first-order valence-corrected chi connectivity index (χ1v) is 10.9. The Hall–Kier alpha value is -1.86. The highest BCUT2D eigenvalue weighted by atomic mass is 79.9. The quantitative estimate of drug-likeness (QED) is 0.457. The molecule has 0 N–H and O–H groups in total. The molecule has 0 unspecified atom stereocenters. The molecule has 2 aromatic carbocycles. The van der Waals surface area contributed by atoms with Crippen LogP contribution in [0.3, 0.4) is 0 Å². The van der Waals surface area contributed by atoms with Gasteiger partial charge in [-0.2, -0.15) is 0 Å². The Balaban J connectivity index is 2.31. The number of ether oxygens (including phenoxy) is 1. The maximum absolute atomic E-state index is 13.0. The molecule has 0 aliphatic rings. The third-order valence-corrected chi connectivity index (χ3v) is 5.92. The Kier molecular flexibility index (Phi) is 7.23. The summed E-state index contributed by atoms with van der Waals surface area (Å²) in [6.45, 7) is 4.46. The predicted molar refractivity (Wildman–Crippen MR) is 107 cm³/mol. The fourth-order valence-electron chi connectivity index (χ4n) is 2.34. The second-order valence-electron chi connectivity index (χ2n) is 5.76. The van der Waals surface area contributed by atoms with Crippen LogP contribution in [0.25, 0.3) is 0 Å². The van der Waals surface area contributed by atoms with Gasteiger partial charge in [0.25, 0.3) is 10.0 Å². The van der Waals surface area contributed by atoms with Gasteiger partial charge >= 0.3 is 5.97 Å². The van der Waals surface area contributed by atoms with Gasteiger partial charge in [0.1, 0.15) is 0 Å². The van der Waals surface area contributed by atoms with E-state index in [0.29, 0.717) is 23.2 Å². The van der Waals surface area contributed by atoms with E-state index in [2.05, 4.69) is 15.9 Å². The number of nitrogens with zero attached hydrogens (tertiary/aromatic N) is 1. The smallest absolute Gasteiger partial charge is 0.338 e. The number of aryl methyl sites for hydroxylation is 1. The second kappa shape index (κ2) is 9.19. The minimum Gasteiger partial charge on any atom is -0.462 e. The zero-order chi connectivity index (χ0) is 19.2. The van der Waals surface area contributed by atoms with Gasteiger partial charge in [-0.3, -0.25) is 4.31 Å². The maximum atomic E-state index is 13.0. The molecule has 0 heterocycles. The van der Waals surface area contributed by atoms with Gasteiger partial charge < -0.3 is 4.74 Å². The summed E-state index contributed by atoms with van der Waals surface area (Å²) in [6, 6.07) is 13.1. The minimum absolute atomic E-state index is 0.232.